The van der Waals surface area contributed by atoms with E-state index in [4.69, 9.17) is 21.1 Å². The second-order valence-corrected chi connectivity index (χ2v) is 8.72. The fraction of sp³-hybridized carbons (Fsp3) is 0.0333. The van der Waals surface area contributed by atoms with Crippen molar-refractivity contribution in [1.29, 1.82) is 0 Å². The van der Waals surface area contributed by atoms with Gasteiger partial charge in [-0.1, -0.05) is 54.1 Å². The fourth-order valence-corrected chi connectivity index (χ4v) is 4.14. The van der Waals surface area contributed by atoms with Gasteiger partial charge in [0, 0.05) is 27.1 Å². The Hall–Kier alpha value is -4.88. The Morgan fingerprint density at radius 1 is 0.921 bits per heavy atom. The summed E-state index contributed by atoms with van der Waals surface area (Å²) in [5.41, 5.74) is 6.22. The molecular formula is C30H22ClN3O4. The Bertz CT molecular complexity index is 1640. The summed E-state index contributed by atoms with van der Waals surface area (Å²) in [6, 6.07) is 28.5. The van der Waals surface area contributed by atoms with E-state index in [0.29, 0.717) is 33.3 Å². The van der Waals surface area contributed by atoms with Crippen molar-refractivity contribution in [3.63, 3.8) is 0 Å². The summed E-state index contributed by atoms with van der Waals surface area (Å²) in [5.74, 6) is 0.0232. The lowest BCUT2D eigenvalue weighted by Gasteiger charge is -2.07. The van der Waals surface area contributed by atoms with Crippen molar-refractivity contribution in [2.24, 2.45) is 5.10 Å². The number of esters is 1. The quantitative estimate of drug-likeness (QED) is 0.110. The van der Waals surface area contributed by atoms with Crippen LogP contribution in [0.4, 0.5) is 0 Å². The zero-order valence-corrected chi connectivity index (χ0v) is 21.0. The van der Waals surface area contributed by atoms with Crippen LogP contribution >= 0.6 is 11.6 Å². The van der Waals surface area contributed by atoms with Crippen molar-refractivity contribution >= 4 is 40.6 Å². The van der Waals surface area contributed by atoms with Gasteiger partial charge in [-0.25, -0.2) is 10.2 Å². The number of amides is 1. The summed E-state index contributed by atoms with van der Waals surface area (Å²) < 4.78 is 10.9. The number of halogens is 1. The Morgan fingerprint density at radius 3 is 2.42 bits per heavy atom. The van der Waals surface area contributed by atoms with Gasteiger partial charge in [0.05, 0.1) is 18.9 Å². The van der Waals surface area contributed by atoms with Crippen LogP contribution in [0.3, 0.4) is 0 Å². The van der Waals surface area contributed by atoms with Crippen LogP contribution in [0.2, 0.25) is 5.02 Å². The van der Waals surface area contributed by atoms with Gasteiger partial charge in [-0.3, -0.25) is 4.79 Å². The number of nitrogens with zero attached hydrogens (tertiary/aromatic N) is 1. The number of aromatic nitrogens is 1. The molecule has 0 aliphatic heterocycles. The zero-order chi connectivity index (χ0) is 26.5. The number of para-hydroxylation sites is 1. The molecule has 0 bridgehead atoms. The summed E-state index contributed by atoms with van der Waals surface area (Å²) in [6.45, 7) is 0. The average molecular weight is 524 g/mol. The highest BCUT2D eigenvalue weighted by atomic mass is 35.5. The molecule has 2 N–H and O–H groups in total. The van der Waals surface area contributed by atoms with Crippen LogP contribution in [0.15, 0.2) is 102 Å². The number of H-pyrrole nitrogens is 1. The van der Waals surface area contributed by atoms with Crippen LogP contribution in [-0.4, -0.2) is 30.2 Å². The topological polar surface area (TPSA) is 92.8 Å². The molecule has 5 rings (SSSR count). The molecule has 0 aliphatic carbocycles. The second kappa shape index (κ2) is 11.0. The number of benzene rings is 4. The van der Waals surface area contributed by atoms with Gasteiger partial charge >= 0.3 is 5.97 Å². The monoisotopic (exact) mass is 523 g/mol. The molecule has 0 aliphatic rings. The Morgan fingerprint density at radius 2 is 1.66 bits per heavy atom. The van der Waals surface area contributed by atoms with Crippen molar-refractivity contribution in [2.75, 3.05) is 7.11 Å². The molecule has 0 radical (unpaired) electrons. The normalized spacial score (nSPS) is 11.0. The van der Waals surface area contributed by atoms with E-state index in [9.17, 15) is 9.59 Å². The third-order valence-corrected chi connectivity index (χ3v) is 6.12. The van der Waals surface area contributed by atoms with E-state index in [0.717, 1.165) is 22.0 Å². The second-order valence-electron chi connectivity index (χ2n) is 8.29. The van der Waals surface area contributed by atoms with Gasteiger partial charge < -0.3 is 14.5 Å². The van der Waals surface area contributed by atoms with Crippen LogP contribution in [0.5, 0.6) is 11.5 Å². The number of aromatic amines is 1. The van der Waals surface area contributed by atoms with E-state index < -0.39 is 11.9 Å². The number of ether oxygens (including phenoxy) is 2. The van der Waals surface area contributed by atoms with E-state index in [1.807, 2.05) is 48.5 Å². The maximum Gasteiger partial charge on any atom is 0.343 e. The molecule has 8 heteroatoms. The van der Waals surface area contributed by atoms with Gasteiger partial charge in [0.2, 0.25) is 0 Å². The predicted molar refractivity (Wildman–Crippen MR) is 148 cm³/mol. The van der Waals surface area contributed by atoms with Crippen molar-refractivity contribution < 1.29 is 19.1 Å². The standard InChI is InChI=1S/C30H22ClN3O4/c1-37-23-15-16-25-24(17-23)27(19-7-3-2-4-8-19)28(33-25)29(35)34-32-18-21-9-5-6-10-26(21)38-30(36)20-11-13-22(31)14-12-20/h2-18,33H,1H3,(H,34,35). The highest BCUT2D eigenvalue weighted by Gasteiger charge is 2.19. The number of methoxy groups -OCH3 is 1. The van der Waals surface area contributed by atoms with Crippen LogP contribution < -0.4 is 14.9 Å². The van der Waals surface area contributed by atoms with Gasteiger partial charge in [0.25, 0.3) is 5.91 Å². The number of rotatable bonds is 7. The molecule has 0 unspecified atom stereocenters. The van der Waals surface area contributed by atoms with Crippen molar-refractivity contribution in [1.82, 2.24) is 10.4 Å². The smallest absolute Gasteiger partial charge is 0.343 e. The molecule has 0 fully saturated rings. The van der Waals surface area contributed by atoms with Gasteiger partial charge in [0.1, 0.15) is 17.2 Å². The molecule has 1 amide bonds. The first kappa shape index (κ1) is 24.8. The van der Waals surface area contributed by atoms with Crippen LogP contribution in [0.25, 0.3) is 22.0 Å². The van der Waals surface area contributed by atoms with Gasteiger partial charge in [0.15, 0.2) is 0 Å². The van der Waals surface area contributed by atoms with Gasteiger partial charge in [-0.15, -0.1) is 0 Å². The molecule has 1 aromatic heterocycles. The maximum absolute atomic E-state index is 13.2. The molecule has 1 heterocycles. The molecule has 188 valence electrons. The van der Waals surface area contributed by atoms with Crippen molar-refractivity contribution in [3.8, 4) is 22.6 Å². The minimum atomic E-state index is -0.535. The molecule has 7 nitrogen and oxygen atoms in total. The predicted octanol–water partition coefficient (Wildman–Crippen LogP) is 6.48. The number of hydrogen-bond acceptors (Lipinski definition) is 5. The van der Waals surface area contributed by atoms with Crippen LogP contribution in [0, 0.1) is 0 Å². The third-order valence-electron chi connectivity index (χ3n) is 5.87. The lowest BCUT2D eigenvalue weighted by Crippen LogP contribution is -2.19. The van der Waals surface area contributed by atoms with E-state index >= 15 is 0 Å². The zero-order valence-electron chi connectivity index (χ0n) is 20.3. The number of carbonyl (C=O) groups is 2. The number of hydrogen-bond donors (Lipinski definition) is 2. The lowest BCUT2D eigenvalue weighted by atomic mass is 10.0. The molecule has 4 aromatic carbocycles. The minimum absolute atomic E-state index is 0.299. The number of fused-ring (bicyclic) bond motifs is 1. The number of carbonyl (C=O) groups excluding carboxylic acids is 2. The molecular weight excluding hydrogens is 502 g/mol. The number of nitrogens with one attached hydrogen (secondary N) is 2. The molecule has 0 atom stereocenters. The average Bonchev–Trinajstić information content (AvgIpc) is 3.33. The minimum Gasteiger partial charge on any atom is -0.497 e. The van der Waals surface area contributed by atoms with Gasteiger partial charge in [-0.05, 0) is 60.2 Å². The van der Waals surface area contributed by atoms with Gasteiger partial charge in [-0.2, -0.15) is 5.10 Å². The molecule has 38 heavy (non-hydrogen) atoms. The van der Waals surface area contributed by atoms with E-state index in [1.54, 1.807) is 55.6 Å². The summed E-state index contributed by atoms with van der Waals surface area (Å²) in [7, 11) is 1.60. The largest absolute Gasteiger partial charge is 0.497 e. The number of hydrazone groups is 1. The Balaban J connectivity index is 1.39. The van der Waals surface area contributed by atoms with Crippen molar-refractivity contribution in [2.45, 2.75) is 0 Å². The highest BCUT2D eigenvalue weighted by Crippen LogP contribution is 2.34. The first-order chi connectivity index (χ1) is 18.5. The first-order valence-corrected chi connectivity index (χ1v) is 12.1. The van der Waals surface area contributed by atoms with Crippen LogP contribution in [-0.2, 0) is 0 Å². The van der Waals surface area contributed by atoms with E-state index in [1.165, 1.54) is 6.21 Å². The molecule has 5 aromatic rings. The Kier molecular flexibility index (Phi) is 7.19. The summed E-state index contributed by atoms with van der Waals surface area (Å²) >= 11 is 5.90. The SMILES string of the molecule is COc1ccc2[nH]c(C(=O)NN=Cc3ccccc3OC(=O)c3ccc(Cl)cc3)c(-c3ccccc3)c2c1. The summed E-state index contributed by atoms with van der Waals surface area (Å²) in [4.78, 5) is 29.0. The third kappa shape index (κ3) is 5.28. The fourth-order valence-electron chi connectivity index (χ4n) is 4.01. The molecule has 0 saturated heterocycles. The first-order valence-electron chi connectivity index (χ1n) is 11.7. The van der Waals surface area contributed by atoms with Crippen molar-refractivity contribution in [3.05, 3.63) is 119 Å². The van der Waals surface area contributed by atoms with E-state index in [-0.39, 0.29) is 0 Å². The Labute approximate surface area is 223 Å². The maximum atomic E-state index is 13.2. The highest BCUT2D eigenvalue weighted by molar-refractivity contribution is 6.30. The molecule has 0 spiro atoms. The summed E-state index contributed by atoms with van der Waals surface area (Å²) in [5, 5.41) is 5.50. The molecule has 0 saturated carbocycles. The summed E-state index contributed by atoms with van der Waals surface area (Å²) in [6.07, 6.45) is 1.43. The lowest BCUT2D eigenvalue weighted by molar-refractivity contribution is 0.0734. The van der Waals surface area contributed by atoms with Crippen LogP contribution in [0.1, 0.15) is 26.4 Å². The van der Waals surface area contributed by atoms with E-state index in [2.05, 4.69) is 15.5 Å².